The van der Waals surface area contributed by atoms with Gasteiger partial charge in [0.25, 0.3) is 0 Å². The van der Waals surface area contributed by atoms with Gasteiger partial charge in [0.2, 0.25) is 0 Å². The molecule has 108 valence electrons. The second-order valence-electron chi connectivity index (χ2n) is 6.01. The Morgan fingerprint density at radius 2 is 2.05 bits per heavy atom. The molecular formula is C15H26FN3. The summed E-state index contributed by atoms with van der Waals surface area (Å²) in [5.74, 6) is 0.588. The predicted molar refractivity (Wildman–Crippen MR) is 79.0 cm³/mol. The van der Waals surface area contributed by atoms with E-state index in [0.717, 1.165) is 30.8 Å². The van der Waals surface area contributed by atoms with Gasteiger partial charge in [-0.25, -0.2) is 9.37 Å². The topological polar surface area (TPSA) is 28.2 Å². The molecule has 1 aromatic heterocycles. The SMILES string of the molecule is CCCCN(C)c1ncc(F)cc1CNC(C)(C)C. The van der Waals surface area contributed by atoms with Crippen molar-refractivity contribution in [1.29, 1.82) is 0 Å². The van der Waals surface area contributed by atoms with Crippen molar-refractivity contribution in [2.45, 2.75) is 52.6 Å². The van der Waals surface area contributed by atoms with Crippen LogP contribution in [0.5, 0.6) is 0 Å². The maximum Gasteiger partial charge on any atom is 0.141 e. The standard InChI is InChI=1S/C15H26FN3/c1-6-7-8-19(5)14-12(9-13(16)11-17-14)10-18-15(2,3)4/h9,11,18H,6-8,10H2,1-5H3. The van der Waals surface area contributed by atoms with E-state index in [1.165, 1.54) is 6.20 Å². The molecule has 1 aromatic rings. The molecule has 1 heterocycles. The molecule has 0 fully saturated rings. The number of halogens is 1. The fourth-order valence-corrected chi connectivity index (χ4v) is 1.81. The summed E-state index contributed by atoms with van der Waals surface area (Å²) in [4.78, 5) is 6.34. The van der Waals surface area contributed by atoms with Gasteiger partial charge in [-0.15, -0.1) is 0 Å². The first kappa shape index (κ1) is 15.9. The molecule has 0 aromatic carbocycles. The highest BCUT2D eigenvalue weighted by molar-refractivity contribution is 5.46. The van der Waals surface area contributed by atoms with E-state index in [-0.39, 0.29) is 11.4 Å². The van der Waals surface area contributed by atoms with Crippen molar-refractivity contribution in [2.24, 2.45) is 0 Å². The molecule has 0 saturated carbocycles. The quantitative estimate of drug-likeness (QED) is 0.856. The Morgan fingerprint density at radius 1 is 1.37 bits per heavy atom. The fraction of sp³-hybridized carbons (Fsp3) is 0.667. The number of hydrogen-bond donors (Lipinski definition) is 1. The van der Waals surface area contributed by atoms with E-state index in [1.807, 2.05) is 7.05 Å². The number of rotatable bonds is 6. The molecule has 0 aliphatic carbocycles. The molecule has 0 saturated heterocycles. The van der Waals surface area contributed by atoms with Gasteiger partial charge in [-0.3, -0.25) is 0 Å². The Kier molecular flexibility index (Phi) is 5.73. The molecule has 0 spiro atoms. The van der Waals surface area contributed by atoms with Crippen molar-refractivity contribution >= 4 is 5.82 Å². The first-order chi connectivity index (χ1) is 8.83. The van der Waals surface area contributed by atoms with Crippen molar-refractivity contribution in [3.8, 4) is 0 Å². The summed E-state index contributed by atoms with van der Waals surface area (Å²) in [5.41, 5.74) is 0.916. The molecule has 0 radical (unpaired) electrons. The number of hydrogen-bond acceptors (Lipinski definition) is 3. The monoisotopic (exact) mass is 267 g/mol. The minimum Gasteiger partial charge on any atom is -0.359 e. The smallest absolute Gasteiger partial charge is 0.141 e. The predicted octanol–water partition coefficient (Wildman–Crippen LogP) is 3.35. The second-order valence-corrected chi connectivity index (χ2v) is 6.01. The number of nitrogens with zero attached hydrogens (tertiary/aromatic N) is 2. The van der Waals surface area contributed by atoms with Crippen LogP contribution in [0.25, 0.3) is 0 Å². The van der Waals surface area contributed by atoms with Crippen LogP contribution in [0, 0.1) is 5.82 Å². The Bertz CT molecular complexity index is 399. The third kappa shape index (κ3) is 5.55. The summed E-state index contributed by atoms with van der Waals surface area (Å²) >= 11 is 0. The molecule has 0 atom stereocenters. The van der Waals surface area contributed by atoms with Crippen LogP contribution in [0.1, 0.15) is 46.1 Å². The molecule has 1 rings (SSSR count). The lowest BCUT2D eigenvalue weighted by Crippen LogP contribution is -2.35. The van der Waals surface area contributed by atoms with Crippen LogP contribution in [0.2, 0.25) is 0 Å². The number of aromatic nitrogens is 1. The van der Waals surface area contributed by atoms with Gasteiger partial charge in [-0.2, -0.15) is 0 Å². The number of anilines is 1. The van der Waals surface area contributed by atoms with Gasteiger partial charge in [-0.1, -0.05) is 13.3 Å². The molecule has 3 nitrogen and oxygen atoms in total. The van der Waals surface area contributed by atoms with Crippen LogP contribution in [0.3, 0.4) is 0 Å². The average molecular weight is 267 g/mol. The highest BCUT2D eigenvalue weighted by atomic mass is 19.1. The molecule has 0 amide bonds. The van der Waals surface area contributed by atoms with E-state index in [0.29, 0.717) is 6.54 Å². The van der Waals surface area contributed by atoms with Crippen LogP contribution in [0.15, 0.2) is 12.3 Å². The third-order valence-corrected chi connectivity index (χ3v) is 2.93. The van der Waals surface area contributed by atoms with Crippen LogP contribution in [0.4, 0.5) is 10.2 Å². The molecule has 1 N–H and O–H groups in total. The van der Waals surface area contributed by atoms with Gasteiger partial charge >= 0.3 is 0 Å². The molecule has 4 heteroatoms. The van der Waals surface area contributed by atoms with Crippen LogP contribution in [-0.2, 0) is 6.54 Å². The summed E-state index contributed by atoms with van der Waals surface area (Å²) in [6.07, 6.45) is 3.54. The van der Waals surface area contributed by atoms with Crippen LogP contribution in [-0.4, -0.2) is 24.1 Å². The zero-order valence-corrected chi connectivity index (χ0v) is 12.8. The first-order valence-electron chi connectivity index (χ1n) is 6.94. The van der Waals surface area contributed by atoms with Crippen molar-refractivity contribution in [2.75, 3.05) is 18.5 Å². The van der Waals surface area contributed by atoms with E-state index in [1.54, 1.807) is 6.07 Å². The minimum atomic E-state index is -0.279. The van der Waals surface area contributed by atoms with E-state index >= 15 is 0 Å². The van der Waals surface area contributed by atoms with E-state index in [4.69, 9.17) is 0 Å². The first-order valence-corrected chi connectivity index (χ1v) is 6.94. The van der Waals surface area contributed by atoms with Crippen LogP contribution < -0.4 is 10.2 Å². The third-order valence-electron chi connectivity index (χ3n) is 2.93. The molecule has 0 aliphatic rings. The Balaban J connectivity index is 2.85. The summed E-state index contributed by atoms with van der Waals surface area (Å²) in [5, 5.41) is 3.38. The van der Waals surface area contributed by atoms with E-state index in [9.17, 15) is 4.39 Å². The zero-order valence-electron chi connectivity index (χ0n) is 12.8. The summed E-state index contributed by atoms with van der Waals surface area (Å²) in [6.45, 7) is 10.0. The summed E-state index contributed by atoms with van der Waals surface area (Å²) in [7, 11) is 2.01. The summed E-state index contributed by atoms with van der Waals surface area (Å²) < 4.78 is 13.4. The van der Waals surface area contributed by atoms with Crippen molar-refractivity contribution in [3.05, 3.63) is 23.6 Å². The molecule has 0 bridgehead atoms. The highest BCUT2D eigenvalue weighted by Crippen LogP contribution is 2.18. The van der Waals surface area contributed by atoms with Crippen molar-refractivity contribution < 1.29 is 4.39 Å². The molecule has 0 unspecified atom stereocenters. The summed E-state index contributed by atoms with van der Waals surface area (Å²) in [6, 6.07) is 1.57. The maximum atomic E-state index is 13.4. The van der Waals surface area contributed by atoms with Gasteiger partial charge < -0.3 is 10.2 Å². The Morgan fingerprint density at radius 3 is 2.63 bits per heavy atom. The number of nitrogens with one attached hydrogen (secondary N) is 1. The molecule has 0 aliphatic heterocycles. The number of pyridine rings is 1. The Labute approximate surface area is 116 Å². The average Bonchev–Trinajstić information content (AvgIpc) is 2.32. The van der Waals surface area contributed by atoms with Gasteiger partial charge in [0.15, 0.2) is 0 Å². The normalized spacial score (nSPS) is 11.7. The lowest BCUT2D eigenvalue weighted by molar-refractivity contribution is 0.423. The van der Waals surface area contributed by atoms with E-state index < -0.39 is 0 Å². The largest absolute Gasteiger partial charge is 0.359 e. The molecule has 19 heavy (non-hydrogen) atoms. The molecular weight excluding hydrogens is 241 g/mol. The van der Waals surface area contributed by atoms with Gasteiger partial charge in [-0.05, 0) is 33.3 Å². The maximum absolute atomic E-state index is 13.4. The van der Waals surface area contributed by atoms with Crippen LogP contribution >= 0.6 is 0 Å². The van der Waals surface area contributed by atoms with Crippen molar-refractivity contribution in [1.82, 2.24) is 10.3 Å². The van der Waals surface area contributed by atoms with Gasteiger partial charge in [0.05, 0.1) is 6.20 Å². The fourth-order valence-electron chi connectivity index (χ4n) is 1.81. The van der Waals surface area contributed by atoms with E-state index in [2.05, 4.69) is 42.9 Å². The lowest BCUT2D eigenvalue weighted by Gasteiger charge is -2.24. The highest BCUT2D eigenvalue weighted by Gasteiger charge is 2.14. The van der Waals surface area contributed by atoms with Gasteiger partial charge in [0, 0.05) is 31.2 Å². The minimum absolute atomic E-state index is 0.00553. The van der Waals surface area contributed by atoms with Crippen molar-refractivity contribution in [3.63, 3.8) is 0 Å². The Hall–Kier alpha value is -1.16. The number of unbranched alkanes of at least 4 members (excludes halogenated alkanes) is 1. The zero-order chi connectivity index (χ0) is 14.5. The second kappa shape index (κ2) is 6.85. The van der Waals surface area contributed by atoms with Gasteiger partial charge in [0.1, 0.15) is 11.6 Å². The lowest BCUT2D eigenvalue weighted by atomic mass is 10.1.